The van der Waals surface area contributed by atoms with E-state index in [2.05, 4.69) is 22.5 Å². The maximum absolute atomic E-state index is 12.0. The first-order valence-electron chi connectivity index (χ1n) is 7.08. The molecule has 20 heavy (non-hydrogen) atoms. The molecule has 0 saturated carbocycles. The Morgan fingerprint density at radius 3 is 2.75 bits per heavy atom. The summed E-state index contributed by atoms with van der Waals surface area (Å²) in [5.74, 6) is 0.123. The highest BCUT2D eigenvalue weighted by molar-refractivity contribution is 7.18. The molecule has 7 heteroatoms. The van der Waals surface area contributed by atoms with E-state index in [-0.39, 0.29) is 18.3 Å². The van der Waals surface area contributed by atoms with Gasteiger partial charge in [-0.25, -0.2) is 4.98 Å². The van der Waals surface area contributed by atoms with Gasteiger partial charge in [-0.2, -0.15) is 0 Å². The Hall–Kier alpha value is -1.34. The zero-order chi connectivity index (χ0) is 14.8. The number of thiazole rings is 1. The number of carbonyl (C=O) groups is 1. The van der Waals surface area contributed by atoms with Crippen LogP contribution in [0.15, 0.2) is 0 Å². The Morgan fingerprint density at radius 2 is 2.05 bits per heavy atom. The molecule has 0 aliphatic rings. The van der Waals surface area contributed by atoms with Crippen LogP contribution in [0.3, 0.4) is 0 Å². The molecule has 0 radical (unpaired) electrons. The van der Waals surface area contributed by atoms with Crippen molar-refractivity contribution in [2.24, 2.45) is 0 Å². The molecule has 114 valence electrons. The molecule has 0 fully saturated rings. The summed E-state index contributed by atoms with van der Waals surface area (Å²) >= 11 is 1.29. The fourth-order valence-corrected chi connectivity index (χ4v) is 2.50. The minimum absolute atomic E-state index is 0.160. The van der Waals surface area contributed by atoms with E-state index >= 15 is 0 Å². The van der Waals surface area contributed by atoms with Gasteiger partial charge >= 0.3 is 0 Å². The molecule has 1 heterocycles. The standard InChI is InChI=1S/C13H24N4O2S/c1-2-7-16-13-17-11(14)10(20-13)12(19)15-8-5-3-4-6-9-18/h18H,2-9,14H2,1H3,(H,15,19)(H,16,17). The molecule has 1 rings (SSSR count). The van der Waals surface area contributed by atoms with Crippen LogP contribution in [0.5, 0.6) is 0 Å². The maximum Gasteiger partial charge on any atom is 0.265 e. The van der Waals surface area contributed by atoms with Crippen molar-refractivity contribution in [1.29, 1.82) is 0 Å². The minimum atomic E-state index is -0.160. The van der Waals surface area contributed by atoms with Crippen molar-refractivity contribution in [1.82, 2.24) is 10.3 Å². The molecule has 0 bridgehead atoms. The van der Waals surface area contributed by atoms with E-state index in [1.54, 1.807) is 0 Å². The molecule has 0 aromatic carbocycles. The molecule has 1 amide bonds. The Bertz CT molecular complexity index is 409. The van der Waals surface area contributed by atoms with Gasteiger partial charge in [0, 0.05) is 19.7 Å². The highest BCUT2D eigenvalue weighted by Gasteiger charge is 2.15. The summed E-state index contributed by atoms with van der Waals surface area (Å²) in [7, 11) is 0. The number of amides is 1. The van der Waals surface area contributed by atoms with E-state index in [1.807, 2.05) is 0 Å². The summed E-state index contributed by atoms with van der Waals surface area (Å²) < 4.78 is 0. The fourth-order valence-electron chi connectivity index (χ4n) is 1.67. The summed E-state index contributed by atoms with van der Waals surface area (Å²) in [6.45, 7) is 3.74. The van der Waals surface area contributed by atoms with Crippen molar-refractivity contribution >= 4 is 28.2 Å². The van der Waals surface area contributed by atoms with E-state index < -0.39 is 0 Å². The summed E-state index contributed by atoms with van der Waals surface area (Å²) in [6.07, 6.45) is 4.71. The van der Waals surface area contributed by atoms with E-state index in [1.165, 1.54) is 11.3 Å². The molecule has 0 saturated heterocycles. The van der Waals surface area contributed by atoms with Crippen molar-refractivity contribution in [2.45, 2.75) is 39.0 Å². The molecule has 1 aromatic heterocycles. The van der Waals surface area contributed by atoms with E-state index in [0.29, 0.717) is 16.6 Å². The second-order valence-electron chi connectivity index (χ2n) is 4.55. The summed E-state index contributed by atoms with van der Waals surface area (Å²) in [6, 6.07) is 0. The monoisotopic (exact) mass is 300 g/mol. The van der Waals surface area contributed by atoms with Crippen molar-refractivity contribution in [3.05, 3.63) is 4.88 Å². The lowest BCUT2D eigenvalue weighted by atomic mass is 10.2. The number of nitrogens with one attached hydrogen (secondary N) is 2. The zero-order valence-corrected chi connectivity index (χ0v) is 12.8. The normalized spacial score (nSPS) is 10.5. The fraction of sp³-hybridized carbons (Fsp3) is 0.692. The van der Waals surface area contributed by atoms with Crippen molar-refractivity contribution in [3.63, 3.8) is 0 Å². The summed E-state index contributed by atoms with van der Waals surface area (Å²) in [5.41, 5.74) is 5.75. The third kappa shape index (κ3) is 5.75. The zero-order valence-electron chi connectivity index (χ0n) is 11.9. The van der Waals surface area contributed by atoms with Crippen LogP contribution in [0.4, 0.5) is 10.9 Å². The third-order valence-electron chi connectivity index (χ3n) is 2.76. The largest absolute Gasteiger partial charge is 0.396 e. The van der Waals surface area contributed by atoms with Crippen molar-refractivity contribution < 1.29 is 9.90 Å². The van der Waals surface area contributed by atoms with Gasteiger partial charge in [0.25, 0.3) is 5.91 Å². The van der Waals surface area contributed by atoms with Crippen LogP contribution >= 0.6 is 11.3 Å². The van der Waals surface area contributed by atoms with Crippen LogP contribution in [0.25, 0.3) is 0 Å². The molecule has 1 aromatic rings. The van der Waals surface area contributed by atoms with Gasteiger partial charge in [-0.15, -0.1) is 0 Å². The molecular formula is C13H24N4O2S. The summed E-state index contributed by atoms with van der Waals surface area (Å²) in [5, 5.41) is 15.3. The summed E-state index contributed by atoms with van der Waals surface area (Å²) in [4.78, 5) is 16.6. The highest BCUT2D eigenvalue weighted by Crippen LogP contribution is 2.24. The van der Waals surface area contributed by atoms with Crippen LogP contribution in [-0.4, -0.2) is 35.7 Å². The SMILES string of the molecule is CCCNc1nc(N)c(C(=O)NCCCCCCO)s1. The van der Waals surface area contributed by atoms with Gasteiger partial charge in [-0.1, -0.05) is 31.1 Å². The maximum atomic E-state index is 12.0. The molecule has 0 aliphatic heterocycles. The molecule has 0 atom stereocenters. The smallest absolute Gasteiger partial charge is 0.265 e. The minimum Gasteiger partial charge on any atom is -0.396 e. The number of nitrogens with two attached hydrogens (primary N) is 1. The van der Waals surface area contributed by atoms with Crippen LogP contribution in [0.2, 0.25) is 0 Å². The molecule has 0 unspecified atom stereocenters. The number of aliphatic hydroxyl groups is 1. The molecule has 0 spiro atoms. The quantitative estimate of drug-likeness (QED) is 0.494. The number of hydrogen-bond acceptors (Lipinski definition) is 6. The second-order valence-corrected chi connectivity index (χ2v) is 5.55. The first kappa shape index (κ1) is 16.7. The number of rotatable bonds is 10. The van der Waals surface area contributed by atoms with Gasteiger partial charge in [-0.05, 0) is 19.3 Å². The number of hydrogen-bond donors (Lipinski definition) is 4. The number of unbranched alkanes of at least 4 members (excludes halogenated alkanes) is 3. The Labute approximate surface area is 123 Å². The Balaban J connectivity index is 2.33. The Morgan fingerprint density at radius 1 is 1.30 bits per heavy atom. The van der Waals surface area contributed by atoms with Crippen LogP contribution in [0, 0.1) is 0 Å². The van der Waals surface area contributed by atoms with Crippen molar-refractivity contribution in [2.75, 3.05) is 30.7 Å². The van der Waals surface area contributed by atoms with Crippen LogP contribution in [0.1, 0.15) is 48.7 Å². The lowest BCUT2D eigenvalue weighted by Gasteiger charge is -2.03. The number of aromatic nitrogens is 1. The lowest BCUT2D eigenvalue weighted by molar-refractivity contribution is 0.0957. The van der Waals surface area contributed by atoms with Gasteiger partial charge in [-0.3, -0.25) is 4.79 Å². The first-order chi connectivity index (χ1) is 9.69. The topological polar surface area (TPSA) is 100 Å². The van der Waals surface area contributed by atoms with Gasteiger partial charge in [0.2, 0.25) is 0 Å². The first-order valence-corrected chi connectivity index (χ1v) is 7.90. The number of anilines is 2. The molecule has 5 N–H and O–H groups in total. The number of carbonyl (C=O) groups excluding carboxylic acids is 1. The third-order valence-corrected chi connectivity index (χ3v) is 3.78. The van der Waals surface area contributed by atoms with Gasteiger partial charge in [0.05, 0.1) is 0 Å². The average molecular weight is 300 g/mol. The van der Waals surface area contributed by atoms with E-state index in [9.17, 15) is 4.79 Å². The predicted octanol–water partition coefficient (Wildman–Crippen LogP) is 1.83. The van der Waals surface area contributed by atoms with E-state index in [0.717, 1.165) is 38.6 Å². The molecular weight excluding hydrogens is 276 g/mol. The number of nitrogen functional groups attached to an aromatic ring is 1. The number of nitrogens with zero attached hydrogens (tertiary/aromatic N) is 1. The second kappa shape index (κ2) is 9.55. The lowest BCUT2D eigenvalue weighted by Crippen LogP contribution is -2.24. The average Bonchev–Trinajstić information content (AvgIpc) is 2.81. The molecule has 0 aliphatic carbocycles. The van der Waals surface area contributed by atoms with Gasteiger partial charge in [0.15, 0.2) is 5.13 Å². The highest BCUT2D eigenvalue weighted by atomic mass is 32.1. The van der Waals surface area contributed by atoms with E-state index in [4.69, 9.17) is 10.8 Å². The van der Waals surface area contributed by atoms with Crippen LogP contribution in [-0.2, 0) is 0 Å². The number of aliphatic hydroxyl groups excluding tert-OH is 1. The van der Waals surface area contributed by atoms with Gasteiger partial charge < -0.3 is 21.5 Å². The predicted molar refractivity (Wildman–Crippen MR) is 83.2 cm³/mol. The Kier molecular flexibility index (Phi) is 7.98. The van der Waals surface area contributed by atoms with Gasteiger partial charge in [0.1, 0.15) is 10.7 Å². The molecule has 6 nitrogen and oxygen atoms in total. The van der Waals surface area contributed by atoms with Crippen LogP contribution < -0.4 is 16.4 Å². The van der Waals surface area contributed by atoms with Crippen molar-refractivity contribution in [3.8, 4) is 0 Å².